The van der Waals surface area contributed by atoms with Crippen LogP contribution in [0.4, 0.5) is 11.4 Å². The van der Waals surface area contributed by atoms with E-state index >= 15 is 0 Å². The van der Waals surface area contributed by atoms with Gasteiger partial charge >= 0.3 is 0 Å². The third-order valence-corrected chi connectivity index (χ3v) is 7.34. The number of anilines is 2. The second-order valence-electron chi connectivity index (χ2n) is 9.17. The van der Waals surface area contributed by atoms with Crippen molar-refractivity contribution in [2.24, 2.45) is 0 Å². The van der Waals surface area contributed by atoms with Gasteiger partial charge in [-0.25, -0.2) is 0 Å². The number of nitrogens with one attached hydrogen (secondary N) is 1. The van der Waals surface area contributed by atoms with E-state index in [2.05, 4.69) is 109 Å². The third kappa shape index (κ3) is 2.57. The van der Waals surface area contributed by atoms with E-state index < -0.39 is 0 Å². The van der Waals surface area contributed by atoms with E-state index in [-0.39, 0.29) is 5.41 Å². The van der Waals surface area contributed by atoms with Crippen LogP contribution in [0.1, 0.15) is 23.6 Å². The number of para-hydroxylation sites is 3. The van der Waals surface area contributed by atoms with Gasteiger partial charge in [0.1, 0.15) is 5.58 Å². The van der Waals surface area contributed by atoms with E-state index in [0.717, 1.165) is 33.3 Å². The van der Waals surface area contributed by atoms with Crippen LogP contribution in [0.2, 0.25) is 0 Å². The molecule has 0 atom stereocenters. The first-order valence-electron chi connectivity index (χ1n) is 11.7. The van der Waals surface area contributed by atoms with Crippen molar-refractivity contribution in [1.29, 1.82) is 0 Å². The Bertz CT molecular complexity index is 1650. The van der Waals surface area contributed by atoms with E-state index in [4.69, 9.17) is 4.42 Å². The van der Waals surface area contributed by atoms with Crippen molar-refractivity contribution >= 4 is 33.3 Å². The molecule has 2 heteroatoms. The molecule has 0 aliphatic heterocycles. The molecule has 1 aromatic heterocycles. The molecular formula is C32H23NO. The van der Waals surface area contributed by atoms with E-state index in [9.17, 15) is 0 Å². The lowest BCUT2D eigenvalue weighted by Gasteiger charge is -2.28. The summed E-state index contributed by atoms with van der Waals surface area (Å²) in [7, 11) is 0. The zero-order valence-electron chi connectivity index (χ0n) is 18.9. The van der Waals surface area contributed by atoms with Crippen LogP contribution in [0.15, 0.2) is 120 Å². The van der Waals surface area contributed by atoms with Gasteiger partial charge in [0, 0.05) is 27.4 Å². The number of rotatable bonds is 3. The van der Waals surface area contributed by atoms with Crippen molar-refractivity contribution in [1.82, 2.24) is 0 Å². The van der Waals surface area contributed by atoms with Crippen molar-refractivity contribution in [2.75, 3.05) is 5.32 Å². The predicted octanol–water partition coefficient (Wildman–Crippen LogP) is 8.66. The Labute approximate surface area is 198 Å². The Balaban J connectivity index is 1.50. The molecule has 162 valence electrons. The highest BCUT2D eigenvalue weighted by molar-refractivity contribution is 6.10. The summed E-state index contributed by atoms with van der Waals surface area (Å²) >= 11 is 0. The Morgan fingerprint density at radius 1 is 0.529 bits per heavy atom. The number of hydrogen-bond donors (Lipinski definition) is 1. The van der Waals surface area contributed by atoms with Gasteiger partial charge in [0.25, 0.3) is 0 Å². The zero-order chi connectivity index (χ0) is 22.7. The first kappa shape index (κ1) is 19.2. The fourth-order valence-electron chi connectivity index (χ4n) is 5.73. The van der Waals surface area contributed by atoms with Gasteiger partial charge in [0.15, 0.2) is 5.58 Å². The molecule has 0 fully saturated rings. The lowest BCUT2D eigenvalue weighted by molar-refractivity contribution is 0.638. The van der Waals surface area contributed by atoms with E-state index in [1.807, 2.05) is 18.2 Å². The molecule has 1 heterocycles. The Morgan fingerprint density at radius 2 is 1.09 bits per heavy atom. The quantitative estimate of drug-likeness (QED) is 0.300. The smallest absolute Gasteiger partial charge is 0.158 e. The van der Waals surface area contributed by atoms with E-state index in [1.165, 1.54) is 27.8 Å². The van der Waals surface area contributed by atoms with Crippen LogP contribution in [0.5, 0.6) is 0 Å². The third-order valence-electron chi connectivity index (χ3n) is 7.34. The summed E-state index contributed by atoms with van der Waals surface area (Å²) in [6, 6.07) is 40.7. The molecule has 7 rings (SSSR count). The predicted molar refractivity (Wildman–Crippen MR) is 141 cm³/mol. The molecule has 0 saturated heterocycles. The largest absolute Gasteiger partial charge is 0.454 e. The van der Waals surface area contributed by atoms with Gasteiger partial charge in [0.2, 0.25) is 0 Å². The van der Waals surface area contributed by atoms with Crippen molar-refractivity contribution in [3.05, 3.63) is 132 Å². The summed E-state index contributed by atoms with van der Waals surface area (Å²) in [6.07, 6.45) is 0. The molecular weight excluding hydrogens is 414 g/mol. The molecule has 0 amide bonds. The summed E-state index contributed by atoms with van der Waals surface area (Å²) in [5.41, 5.74) is 10.0. The molecule has 0 bridgehead atoms. The normalized spacial score (nSPS) is 13.7. The maximum absolute atomic E-state index is 6.73. The molecule has 5 aromatic carbocycles. The fraction of sp³-hybridized carbons (Fsp3) is 0.0625. The van der Waals surface area contributed by atoms with Crippen LogP contribution in [0, 0.1) is 0 Å². The maximum Gasteiger partial charge on any atom is 0.158 e. The van der Waals surface area contributed by atoms with Crippen LogP contribution in [-0.2, 0) is 5.41 Å². The van der Waals surface area contributed by atoms with Crippen LogP contribution in [0.25, 0.3) is 33.1 Å². The second-order valence-corrected chi connectivity index (χ2v) is 9.17. The fourth-order valence-corrected chi connectivity index (χ4v) is 5.73. The Morgan fingerprint density at radius 3 is 1.79 bits per heavy atom. The highest BCUT2D eigenvalue weighted by Crippen LogP contribution is 2.54. The summed E-state index contributed by atoms with van der Waals surface area (Å²) < 4.78 is 6.73. The van der Waals surface area contributed by atoms with Gasteiger partial charge in [-0.2, -0.15) is 0 Å². The molecule has 0 spiro atoms. The summed E-state index contributed by atoms with van der Waals surface area (Å²) in [5, 5.41) is 5.82. The second kappa shape index (κ2) is 7.10. The van der Waals surface area contributed by atoms with Gasteiger partial charge in [0.05, 0.1) is 5.69 Å². The van der Waals surface area contributed by atoms with Crippen LogP contribution in [0.3, 0.4) is 0 Å². The monoisotopic (exact) mass is 437 g/mol. The average molecular weight is 438 g/mol. The first-order chi connectivity index (χ1) is 16.7. The standard InChI is InChI=1S/C32H23NO/c1-32(26-17-7-5-13-22(26)23-14-6-8-18-27(23)32)28-19-9-15-24-25-16-10-20-29(31(25)34-30(24)28)33-21-11-3-2-4-12-21/h2-20,33H,1H3. The number of furan rings is 1. The highest BCUT2D eigenvalue weighted by atomic mass is 16.3. The summed E-state index contributed by atoms with van der Waals surface area (Å²) in [5.74, 6) is 0. The van der Waals surface area contributed by atoms with Crippen molar-refractivity contribution < 1.29 is 4.42 Å². The molecule has 6 aromatic rings. The Kier molecular flexibility index (Phi) is 4.01. The molecule has 34 heavy (non-hydrogen) atoms. The number of fused-ring (bicyclic) bond motifs is 6. The lowest BCUT2D eigenvalue weighted by atomic mass is 9.74. The first-order valence-corrected chi connectivity index (χ1v) is 11.7. The molecule has 0 radical (unpaired) electrons. The topological polar surface area (TPSA) is 25.2 Å². The maximum atomic E-state index is 6.73. The molecule has 1 N–H and O–H groups in total. The molecule has 0 unspecified atom stereocenters. The summed E-state index contributed by atoms with van der Waals surface area (Å²) in [6.45, 7) is 2.34. The van der Waals surface area contributed by atoms with Crippen molar-refractivity contribution in [2.45, 2.75) is 12.3 Å². The van der Waals surface area contributed by atoms with Crippen LogP contribution >= 0.6 is 0 Å². The van der Waals surface area contributed by atoms with Gasteiger partial charge in [-0.3, -0.25) is 0 Å². The molecule has 0 saturated carbocycles. The minimum absolute atomic E-state index is 0.298. The van der Waals surface area contributed by atoms with Gasteiger partial charge in [-0.15, -0.1) is 0 Å². The zero-order valence-corrected chi connectivity index (χ0v) is 18.9. The molecule has 1 aliphatic rings. The number of benzene rings is 5. The highest BCUT2D eigenvalue weighted by Gasteiger charge is 2.42. The van der Waals surface area contributed by atoms with Crippen LogP contribution in [-0.4, -0.2) is 0 Å². The van der Waals surface area contributed by atoms with Gasteiger partial charge in [-0.1, -0.05) is 97.1 Å². The molecule has 2 nitrogen and oxygen atoms in total. The van der Waals surface area contributed by atoms with E-state index in [0.29, 0.717) is 0 Å². The minimum atomic E-state index is -0.298. The SMILES string of the molecule is CC1(c2cccc3c2oc2c(Nc4ccccc4)cccc23)c2ccccc2-c2ccccc21. The summed E-state index contributed by atoms with van der Waals surface area (Å²) in [4.78, 5) is 0. The van der Waals surface area contributed by atoms with Crippen molar-refractivity contribution in [3.8, 4) is 11.1 Å². The van der Waals surface area contributed by atoms with Gasteiger partial charge < -0.3 is 9.73 Å². The lowest BCUT2D eigenvalue weighted by Crippen LogP contribution is -2.22. The molecule has 1 aliphatic carbocycles. The van der Waals surface area contributed by atoms with Crippen LogP contribution < -0.4 is 5.32 Å². The van der Waals surface area contributed by atoms with E-state index in [1.54, 1.807) is 0 Å². The minimum Gasteiger partial charge on any atom is -0.454 e. The average Bonchev–Trinajstić information content (AvgIpc) is 3.40. The van der Waals surface area contributed by atoms with Gasteiger partial charge in [-0.05, 0) is 47.4 Å². The van der Waals surface area contributed by atoms with Crippen molar-refractivity contribution in [3.63, 3.8) is 0 Å². The number of hydrogen-bond acceptors (Lipinski definition) is 2. The Hall–Kier alpha value is -4.30.